The Kier molecular flexibility index (Phi) is 8.29. The molecule has 0 aliphatic carbocycles. The average molecular weight is 445 g/mol. The zero-order chi connectivity index (χ0) is 23.2. The summed E-state index contributed by atoms with van der Waals surface area (Å²) >= 11 is 0. The number of sulfonamides is 1. The first-order chi connectivity index (χ1) is 14.4. The molecule has 31 heavy (non-hydrogen) atoms. The lowest BCUT2D eigenvalue weighted by molar-refractivity contribution is -0.121. The molecule has 0 radical (unpaired) electrons. The van der Waals surface area contributed by atoms with Crippen LogP contribution in [0, 0.1) is 13.8 Å². The molecule has 2 aromatic rings. The first kappa shape index (κ1) is 24.9. The van der Waals surface area contributed by atoms with Crippen LogP contribution in [-0.4, -0.2) is 33.2 Å². The molecule has 0 saturated heterocycles. The van der Waals surface area contributed by atoms with Crippen LogP contribution >= 0.6 is 0 Å². The van der Waals surface area contributed by atoms with E-state index < -0.39 is 10.0 Å². The zero-order valence-electron chi connectivity index (χ0n) is 19.6. The normalized spacial score (nSPS) is 13.0. The first-order valence-corrected chi connectivity index (χ1v) is 12.6. The Balaban J connectivity index is 1.92. The first-order valence-electron chi connectivity index (χ1n) is 10.8. The fourth-order valence-electron chi connectivity index (χ4n) is 4.13. The number of nitrogens with zero attached hydrogens (tertiary/aromatic N) is 1. The van der Waals surface area contributed by atoms with Gasteiger partial charge in [0.2, 0.25) is 15.9 Å². The fourth-order valence-corrected chi connectivity index (χ4v) is 5.08. The van der Waals surface area contributed by atoms with Crippen molar-refractivity contribution in [3.05, 3.63) is 65.2 Å². The van der Waals surface area contributed by atoms with E-state index in [1.807, 2.05) is 57.2 Å². The van der Waals surface area contributed by atoms with Crippen LogP contribution in [0.5, 0.6) is 0 Å². The number of aryl methyl sites for hydroxylation is 2. The van der Waals surface area contributed by atoms with Crippen LogP contribution in [0.4, 0.5) is 5.69 Å². The highest BCUT2D eigenvalue weighted by Gasteiger charge is 2.24. The number of anilines is 1. The van der Waals surface area contributed by atoms with Crippen molar-refractivity contribution < 1.29 is 13.2 Å². The van der Waals surface area contributed by atoms with Crippen LogP contribution in [0.2, 0.25) is 0 Å². The van der Waals surface area contributed by atoms with Crippen LogP contribution in [-0.2, 0) is 20.2 Å². The van der Waals surface area contributed by atoms with E-state index in [2.05, 4.69) is 31.3 Å². The highest BCUT2D eigenvalue weighted by molar-refractivity contribution is 7.92. The number of carbonyl (C=O) groups excluding carboxylic acids is 1. The highest BCUT2D eigenvalue weighted by atomic mass is 32.2. The quantitative estimate of drug-likeness (QED) is 0.576. The Morgan fingerprint density at radius 3 is 2.19 bits per heavy atom. The topological polar surface area (TPSA) is 66.5 Å². The molecule has 170 valence electrons. The molecule has 2 aromatic carbocycles. The summed E-state index contributed by atoms with van der Waals surface area (Å²) in [5, 5.41) is 3.07. The van der Waals surface area contributed by atoms with E-state index in [1.165, 1.54) is 16.1 Å². The van der Waals surface area contributed by atoms with Crippen LogP contribution < -0.4 is 9.62 Å². The summed E-state index contributed by atoms with van der Waals surface area (Å²) in [5.74, 6) is -0.0507. The van der Waals surface area contributed by atoms with Gasteiger partial charge in [-0.15, -0.1) is 0 Å². The Hall–Kier alpha value is -2.34. The molecule has 0 unspecified atom stereocenters. The van der Waals surface area contributed by atoms with E-state index in [9.17, 15) is 13.2 Å². The SMILES string of the molecule is Cc1cc(C)cc(N(CCCC(=O)N[C@@H](C)CC(C)(C)c2ccccc2)S(C)(=O)=O)c1. The third-order valence-electron chi connectivity index (χ3n) is 5.44. The summed E-state index contributed by atoms with van der Waals surface area (Å²) in [6.07, 6.45) is 2.77. The lowest BCUT2D eigenvalue weighted by atomic mass is 9.79. The monoisotopic (exact) mass is 444 g/mol. The zero-order valence-corrected chi connectivity index (χ0v) is 20.4. The van der Waals surface area contributed by atoms with Crippen LogP contribution in [0.25, 0.3) is 0 Å². The van der Waals surface area contributed by atoms with Crippen molar-refractivity contribution in [2.75, 3.05) is 17.1 Å². The Labute approximate surface area is 187 Å². The largest absolute Gasteiger partial charge is 0.354 e. The average Bonchev–Trinajstić information content (AvgIpc) is 2.63. The second-order valence-electron chi connectivity index (χ2n) is 9.21. The highest BCUT2D eigenvalue weighted by Crippen LogP contribution is 2.28. The van der Waals surface area contributed by atoms with Crippen LogP contribution in [0.3, 0.4) is 0 Å². The number of nitrogens with one attached hydrogen (secondary N) is 1. The molecule has 0 saturated carbocycles. The molecule has 0 fully saturated rings. The third-order valence-corrected chi connectivity index (χ3v) is 6.63. The van der Waals surface area contributed by atoms with E-state index in [0.29, 0.717) is 12.1 Å². The molecule has 0 heterocycles. The van der Waals surface area contributed by atoms with Gasteiger partial charge in [-0.1, -0.05) is 50.2 Å². The number of rotatable bonds is 10. The molecule has 6 heteroatoms. The number of amides is 1. The molecule has 0 spiro atoms. The Morgan fingerprint density at radius 1 is 1.06 bits per heavy atom. The maximum atomic E-state index is 12.5. The van der Waals surface area contributed by atoms with Crippen molar-refractivity contribution in [2.24, 2.45) is 0 Å². The molecule has 0 aliphatic heterocycles. The van der Waals surface area contributed by atoms with Gasteiger partial charge < -0.3 is 5.32 Å². The predicted octanol–water partition coefficient (Wildman–Crippen LogP) is 4.72. The molecular weight excluding hydrogens is 408 g/mol. The van der Waals surface area contributed by atoms with Gasteiger partial charge in [0.05, 0.1) is 11.9 Å². The molecule has 1 atom stereocenters. The van der Waals surface area contributed by atoms with Crippen molar-refractivity contribution in [1.82, 2.24) is 5.32 Å². The van der Waals surface area contributed by atoms with Gasteiger partial charge in [0, 0.05) is 19.0 Å². The lowest BCUT2D eigenvalue weighted by Crippen LogP contribution is -2.38. The molecule has 0 bridgehead atoms. The predicted molar refractivity (Wildman–Crippen MR) is 129 cm³/mol. The minimum Gasteiger partial charge on any atom is -0.354 e. The van der Waals surface area contributed by atoms with Gasteiger partial charge in [-0.3, -0.25) is 9.10 Å². The fraction of sp³-hybridized carbons (Fsp3) is 0.480. The molecule has 0 aromatic heterocycles. The number of hydrogen-bond acceptors (Lipinski definition) is 3. The van der Waals surface area contributed by atoms with E-state index in [0.717, 1.165) is 17.5 Å². The smallest absolute Gasteiger partial charge is 0.232 e. The van der Waals surface area contributed by atoms with Gasteiger partial charge >= 0.3 is 0 Å². The van der Waals surface area contributed by atoms with Gasteiger partial charge in [-0.2, -0.15) is 0 Å². The number of hydrogen-bond donors (Lipinski definition) is 1. The molecule has 5 nitrogen and oxygen atoms in total. The van der Waals surface area contributed by atoms with E-state index in [4.69, 9.17) is 0 Å². The summed E-state index contributed by atoms with van der Waals surface area (Å²) in [7, 11) is -3.43. The van der Waals surface area contributed by atoms with Gasteiger partial charge in [0.15, 0.2) is 0 Å². The van der Waals surface area contributed by atoms with E-state index >= 15 is 0 Å². The van der Waals surface area contributed by atoms with Gasteiger partial charge in [-0.25, -0.2) is 8.42 Å². The van der Waals surface area contributed by atoms with Crippen molar-refractivity contribution in [2.45, 2.75) is 65.3 Å². The minimum atomic E-state index is -3.43. The lowest BCUT2D eigenvalue weighted by Gasteiger charge is -2.29. The summed E-state index contributed by atoms with van der Waals surface area (Å²) in [6.45, 7) is 10.5. The van der Waals surface area contributed by atoms with Crippen molar-refractivity contribution in [3.8, 4) is 0 Å². The van der Waals surface area contributed by atoms with Gasteiger partial charge in [0.1, 0.15) is 0 Å². The van der Waals surface area contributed by atoms with Crippen molar-refractivity contribution >= 4 is 21.6 Å². The second kappa shape index (κ2) is 10.3. The molecule has 1 N–H and O–H groups in total. The van der Waals surface area contributed by atoms with Crippen LogP contribution in [0.1, 0.15) is 56.7 Å². The summed E-state index contributed by atoms with van der Waals surface area (Å²) in [5.41, 5.74) is 3.86. The standard InChI is InChI=1S/C25H36N2O3S/c1-19-15-20(2)17-23(16-19)27(31(6,29)30)14-10-13-24(28)26-21(3)18-25(4,5)22-11-8-7-9-12-22/h7-9,11-12,15-17,21H,10,13-14,18H2,1-6H3,(H,26,28)/t21-/m0/s1. The van der Waals surface area contributed by atoms with E-state index in [-0.39, 0.29) is 30.3 Å². The van der Waals surface area contributed by atoms with Crippen molar-refractivity contribution in [1.29, 1.82) is 0 Å². The van der Waals surface area contributed by atoms with Crippen LogP contribution in [0.15, 0.2) is 48.5 Å². The molecule has 0 aliphatic rings. The van der Waals surface area contributed by atoms with E-state index in [1.54, 1.807) is 0 Å². The third kappa shape index (κ3) is 7.69. The Morgan fingerprint density at radius 2 is 1.65 bits per heavy atom. The second-order valence-corrected chi connectivity index (χ2v) is 11.1. The number of carbonyl (C=O) groups is 1. The Bertz CT molecular complexity index is 965. The molecule has 1 amide bonds. The molecule has 2 rings (SSSR count). The maximum absolute atomic E-state index is 12.5. The minimum absolute atomic E-state index is 0.0214. The number of benzene rings is 2. The van der Waals surface area contributed by atoms with Crippen molar-refractivity contribution in [3.63, 3.8) is 0 Å². The summed E-state index contributed by atoms with van der Waals surface area (Å²) < 4.78 is 26.0. The summed E-state index contributed by atoms with van der Waals surface area (Å²) in [4.78, 5) is 12.5. The molecular formula is C25H36N2O3S. The maximum Gasteiger partial charge on any atom is 0.232 e. The van der Waals surface area contributed by atoms with Gasteiger partial charge in [-0.05, 0) is 67.9 Å². The summed E-state index contributed by atoms with van der Waals surface area (Å²) in [6, 6.07) is 16.0. The van der Waals surface area contributed by atoms with Gasteiger partial charge in [0.25, 0.3) is 0 Å².